The SMILES string of the molecule is CC(=O)O[C@@]12CO[C@@H]1C[C@H](O)[C@]1(C)C2[C@H](OCc2ccccc2)C2C[C@H](OC(=O)[C@H](O)[C@@H](NC(=O)c3ccccc3)c3ccccc3)C(C)=C([C@H]3OC(C)(C)O[C@@H]31)C2(C)C. The lowest BCUT2D eigenvalue weighted by atomic mass is 9.45. The molecule has 12 atom stereocenters. The molecule has 5 aliphatic rings. The Bertz CT molecular complexity index is 2110. The van der Waals surface area contributed by atoms with E-state index >= 15 is 0 Å². The maximum Gasteiger partial charge on any atom is 0.338 e. The summed E-state index contributed by atoms with van der Waals surface area (Å²) in [5.41, 5.74) is 0.475. The van der Waals surface area contributed by atoms with E-state index < -0.39 is 101 Å². The van der Waals surface area contributed by atoms with Gasteiger partial charge in [0.15, 0.2) is 17.5 Å². The number of nitrogens with one attached hydrogen (secondary N) is 1. The van der Waals surface area contributed by atoms with Crippen LogP contribution in [0.15, 0.2) is 102 Å². The maximum absolute atomic E-state index is 14.4. The van der Waals surface area contributed by atoms with E-state index in [0.717, 1.165) is 16.7 Å². The van der Waals surface area contributed by atoms with Crippen LogP contribution in [-0.4, -0.2) is 88.8 Å². The summed E-state index contributed by atoms with van der Waals surface area (Å²) >= 11 is 0. The van der Waals surface area contributed by atoms with Gasteiger partial charge in [-0.25, -0.2) is 4.79 Å². The quantitative estimate of drug-likeness (QED) is 0.163. The molecule has 2 heterocycles. The van der Waals surface area contributed by atoms with E-state index in [2.05, 4.69) is 19.2 Å². The number of carbonyl (C=O) groups excluding carboxylic acids is 3. The zero-order chi connectivity index (χ0) is 42.8. The molecule has 0 radical (unpaired) electrons. The molecule has 3 aliphatic carbocycles. The first-order valence-corrected chi connectivity index (χ1v) is 21.0. The van der Waals surface area contributed by atoms with Crippen molar-refractivity contribution in [1.29, 1.82) is 0 Å². The number of carbonyl (C=O) groups is 3. The zero-order valence-corrected chi connectivity index (χ0v) is 35.3. The number of hydrogen-bond acceptors (Lipinski definition) is 11. The van der Waals surface area contributed by atoms with Crippen LogP contribution in [-0.2, 0) is 44.6 Å². The molecule has 320 valence electrons. The third-order valence-corrected chi connectivity index (χ3v) is 14.0. The average Bonchev–Trinajstić information content (AvgIpc) is 3.54. The van der Waals surface area contributed by atoms with Crippen molar-refractivity contribution >= 4 is 17.8 Å². The van der Waals surface area contributed by atoms with Crippen molar-refractivity contribution in [3.8, 4) is 0 Å². The fourth-order valence-corrected chi connectivity index (χ4v) is 11.2. The molecule has 3 N–H and O–H groups in total. The largest absolute Gasteiger partial charge is 0.456 e. The number of ether oxygens (including phenoxy) is 6. The van der Waals surface area contributed by atoms with Crippen molar-refractivity contribution in [3.05, 3.63) is 119 Å². The summed E-state index contributed by atoms with van der Waals surface area (Å²) in [6, 6.07) is 26.1. The molecule has 2 saturated heterocycles. The van der Waals surface area contributed by atoms with E-state index in [1.54, 1.807) is 54.6 Å². The summed E-state index contributed by atoms with van der Waals surface area (Å²) in [5.74, 6) is -4.03. The second-order valence-corrected chi connectivity index (χ2v) is 18.4. The van der Waals surface area contributed by atoms with Crippen molar-refractivity contribution in [2.75, 3.05) is 6.61 Å². The summed E-state index contributed by atoms with van der Waals surface area (Å²) in [6.45, 7) is 13.6. The molecule has 60 heavy (non-hydrogen) atoms. The number of benzene rings is 3. The van der Waals surface area contributed by atoms with Crippen LogP contribution < -0.4 is 5.32 Å². The molecule has 12 heteroatoms. The molecule has 12 nitrogen and oxygen atoms in total. The van der Waals surface area contributed by atoms with Gasteiger partial charge in [0.2, 0.25) is 0 Å². The molecule has 0 spiro atoms. The molecule has 2 aliphatic heterocycles. The number of aliphatic hydroxyl groups is 2. The van der Waals surface area contributed by atoms with Crippen molar-refractivity contribution < 1.29 is 53.0 Å². The van der Waals surface area contributed by atoms with Gasteiger partial charge in [-0.2, -0.15) is 0 Å². The molecular weight excluding hydrogens is 767 g/mol. The number of hydrogen-bond donors (Lipinski definition) is 3. The molecule has 0 aromatic heterocycles. The Kier molecular flexibility index (Phi) is 11.1. The summed E-state index contributed by atoms with van der Waals surface area (Å²) in [6.07, 6.45) is -5.91. The van der Waals surface area contributed by atoms with Gasteiger partial charge in [0.05, 0.1) is 37.6 Å². The van der Waals surface area contributed by atoms with Crippen LogP contribution in [0.5, 0.6) is 0 Å². The molecule has 3 aromatic rings. The van der Waals surface area contributed by atoms with Crippen LogP contribution in [0.2, 0.25) is 0 Å². The fourth-order valence-electron chi connectivity index (χ4n) is 11.2. The minimum Gasteiger partial charge on any atom is -0.456 e. The summed E-state index contributed by atoms with van der Waals surface area (Å²) < 4.78 is 39.9. The second-order valence-electron chi connectivity index (χ2n) is 18.4. The molecule has 2 bridgehead atoms. The zero-order valence-electron chi connectivity index (χ0n) is 35.3. The normalized spacial score (nSPS) is 34.5. The lowest BCUT2D eigenvalue weighted by Crippen LogP contribution is -2.79. The van der Waals surface area contributed by atoms with Gasteiger partial charge in [-0.15, -0.1) is 0 Å². The molecule has 8 rings (SSSR count). The van der Waals surface area contributed by atoms with Crippen LogP contribution in [0, 0.1) is 22.7 Å². The third kappa shape index (κ3) is 7.18. The predicted octanol–water partition coefficient (Wildman–Crippen LogP) is 6.00. The number of amides is 1. The molecule has 1 amide bonds. The highest BCUT2D eigenvalue weighted by molar-refractivity contribution is 5.95. The van der Waals surface area contributed by atoms with E-state index in [4.69, 9.17) is 28.4 Å². The Balaban J connectivity index is 1.23. The first-order valence-electron chi connectivity index (χ1n) is 21.0. The standard InChI is InChI=1S/C48H57NO11/c1-27-33(57-44(54)38(52)37(30-19-13-9-14-20-30)49-43(53)31-21-15-10-16-22-31)23-32-39(55-25-29-17-11-8-12-18-29)41-47(7,34(51)24-35-48(41,26-56-35)58-28(2)50)42-40(36(27)45(32,3)4)59-46(5,6)60-42/h8-22,32-35,37-42,51-52H,23-26H2,1-7H3,(H,49,53)/t32?,33-,34-,35+,37-,38+,39+,40+,41?,42-,47+,48-/m0/s1. The number of rotatable bonds is 10. The highest BCUT2D eigenvalue weighted by Gasteiger charge is 2.76. The smallest absolute Gasteiger partial charge is 0.338 e. The van der Waals surface area contributed by atoms with Crippen molar-refractivity contribution in [2.45, 2.75) is 128 Å². The van der Waals surface area contributed by atoms with Crippen LogP contribution in [0.3, 0.4) is 0 Å². The average molecular weight is 824 g/mol. The van der Waals surface area contributed by atoms with Crippen LogP contribution in [0.1, 0.15) is 88.8 Å². The van der Waals surface area contributed by atoms with Gasteiger partial charge in [0.25, 0.3) is 5.91 Å². The van der Waals surface area contributed by atoms with Crippen molar-refractivity contribution in [2.24, 2.45) is 22.7 Å². The topological polar surface area (TPSA) is 159 Å². The van der Waals surface area contributed by atoms with Gasteiger partial charge in [-0.3, -0.25) is 9.59 Å². The van der Waals surface area contributed by atoms with Crippen molar-refractivity contribution in [1.82, 2.24) is 5.32 Å². The summed E-state index contributed by atoms with van der Waals surface area (Å²) in [7, 11) is 0. The first kappa shape index (κ1) is 42.3. The Morgan fingerprint density at radius 2 is 1.52 bits per heavy atom. The Morgan fingerprint density at radius 3 is 2.13 bits per heavy atom. The molecule has 2 saturated carbocycles. The molecular formula is C48H57NO11. The lowest BCUT2D eigenvalue weighted by molar-refractivity contribution is -0.357. The van der Waals surface area contributed by atoms with Gasteiger partial charge in [0.1, 0.15) is 18.3 Å². The van der Waals surface area contributed by atoms with Crippen LogP contribution in [0.4, 0.5) is 0 Å². The predicted molar refractivity (Wildman–Crippen MR) is 219 cm³/mol. The van der Waals surface area contributed by atoms with E-state index in [1.165, 1.54) is 6.92 Å². The Hall–Kier alpha value is -4.43. The highest BCUT2D eigenvalue weighted by Crippen LogP contribution is 2.66. The molecule has 4 fully saturated rings. The highest BCUT2D eigenvalue weighted by atomic mass is 16.8. The maximum atomic E-state index is 14.4. The van der Waals surface area contributed by atoms with Gasteiger partial charge in [-0.1, -0.05) is 99.6 Å². The Morgan fingerprint density at radius 1 is 0.883 bits per heavy atom. The second kappa shape index (κ2) is 15.8. The van der Waals surface area contributed by atoms with E-state index in [1.807, 2.05) is 64.1 Å². The van der Waals surface area contributed by atoms with E-state index in [9.17, 15) is 24.6 Å². The lowest BCUT2D eigenvalue weighted by Gasteiger charge is -2.67. The number of fused-ring (bicyclic) bond motifs is 8. The minimum absolute atomic E-state index is 0.103. The van der Waals surface area contributed by atoms with E-state index in [-0.39, 0.29) is 26.1 Å². The van der Waals surface area contributed by atoms with Crippen LogP contribution in [0.25, 0.3) is 0 Å². The fraction of sp³-hybridized carbons (Fsp3) is 0.521. The first-order chi connectivity index (χ1) is 28.5. The van der Waals surface area contributed by atoms with Gasteiger partial charge >= 0.3 is 11.9 Å². The van der Waals surface area contributed by atoms with E-state index in [0.29, 0.717) is 11.1 Å². The van der Waals surface area contributed by atoms with Gasteiger partial charge < -0.3 is 44.0 Å². The third-order valence-electron chi connectivity index (χ3n) is 14.0. The van der Waals surface area contributed by atoms with Crippen LogP contribution >= 0.6 is 0 Å². The molecule has 2 unspecified atom stereocenters. The van der Waals surface area contributed by atoms with Gasteiger partial charge in [0, 0.05) is 30.2 Å². The monoisotopic (exact) mass is 823 g/mol. The van der Waals surface area contributed by atoms with Gasteiger partial charge in [-0.05, 0) is 72.9 Å². The summed E-state index contributed by atoms with van der Waals surface area (Å²) in [5, 5.41) is 27.1. The minimum atomic E-state index is -1.78. The summed E-state index contributed by atoms with van der Waals surface area (Å²) in [4.78, 5) is 41.0. The number of esters is 2. The van der Waals surface area contributed by atoms with Crippen molar-refractivity contribution in [3.63, 3.8) is 0 Å². The number of aliphatic hydroxyl groups excluding tert-OH is 2. The Labute approximate surface area is 351 Å². The molecule has 3 aromatic carbocycles.